The van der Waals surface area contributed by atoms with E-state index in [2.05, 4.69) is 5.32 Å². The van der Waals surface area contributed by atoms with Gasteiger partial charge in [-0.1, -0.05) is 0 Å². The molecule has 0 aliphatic carbocycles. The van der Waals surface area contributed by atoms with Crippen LogP contribution in [0.15, 0.2) is 23.8 Å². The zero-order valence-corrected chi connectivity index (χ0v) is 8.93. The van der Waals surface area contributed by atoms with Crippen molar-refractivity contribution in [2.75, 3.05) is 11.9 Å². The van der Waals surface area contributed by atoms with Crippen LogP contribution in [0, 0.1) is 17.5 Å². The second-order valence-electron chi connectivity index (χ2n) is 3.43. The van der Waals surface area contributed by atoms with Crippen molar-refractivity contribution in [3.8, 4) is 0 Å². The van der Waals surface area contributed by atoms with E-state index >= 15 is 0 Å². The standard InChI is InChI=1S/C11H10F3NO2/c1-6(2-11(16)17)5-15-10-4-8(13)7(12)3-9(10)14/h2-4,15H,5H2,1H3,(H,16,17)/b6-2-. The summed E-state index contributed by atoms with van der Waals surface area (Å²) in [5.74, 6) is -4.51. The predicted octanol–water partition coefficient (Wildman–Crippen LogP) is 2.55. The van der Waals surface area contributed by atoms with E-state index in [4.69, 9.17) is 5.11 Å². The molecule has 1 aromatic carbocycles. The van der Waals surface area contributed by atoms with Gasteiger partial charge < -0.3 is 10.4 Å². The molecule has 0 aromatic heterocycles. The molecule has 0 unspecified atom stereocenters. The number of aliphatic carboxylic acids is 1. The number of carbonyl (C=O) groups is 1. The summed E-state index contributed by atoms with van der Waals surface area (Å²) in [4.78, 5) is 10.3. The Morgan fingerprint density at radius 3 is 2.47 bits per heavy atom. The van der Waals surface area contributed by atoms with E-state index in [1.807, 2.05) is 0 Å². The summed E-state index contributed by atoms with van der Waals surface area (Å²) in [5, 5.41) is 10.9. The maximum atomic E-state index is 13.1. The molecular formula is C11H10F3NO2. The van der Waals surface area contributed by atoms with Crippen LogP contribution in [0.4, 0.5) is 18.9 Å². The Bertz CT molecular complexity index is 472. The van der Waals surface area contributed by atoms with Crippen LogP contribution in [0.2, 0.25) is 0 Å². The quantitative estimate of drug-likeness (QED) is 0.633. The maximum Gasteiger partial charge on any atom is 0.328 e. The zero-order valence-electron chi connectivity index (χ0n) is 8.93. The first-order chi connectivity index (χ1) is 7.90. The van der Waals surface area contributed by atoms with E-state index in [9.17, 15) is 18.0 Å². The second-order valence-corrected chi connectivity index (χ2v) is 3.43. The monoisotopic (exact) mass is 245 g/mol. The van der Waals surface area contributed by atoms with Gasteiger partial charge >= 0.3 is 5.97 Å². The molecule has 3 nitrogen and oxygen atoms in total. The molecule has 0 aliphatic heterocycles. The highest BCUT2D eigenvalue weighted by Gasteiger charge is 2.09. The SMILES string of the molecule is C/C(=C/C(=O)O)CNc1cc(F)c(F)cc1F. The average Bonchev–Trinajstić information content (AvgIpc) is 2.20. The molecule has 92 valence electrons. The molecule has 1 rings (SSSR count). The van der Waals surface area contributed by atoms with Crippen molar-refractivity contribution in [2.24, 2.45) is 0 Å². The summed E-state index contributed by atoms with van der Waals surface area (Å²) in [5.41, 5.74) is 0.198. The summed E-state index contributed by atoms with van der Waals surface area (Å²) in [7, 11) is 0. The molecular weight excluding hydrogens is 235 g/mol. The predicted molar refractivity (Wildman–Crippen MR) is 56.2 cm³/mol. The highest BCUT2D eigenvalue weighted by atomic mass is 19.2. The van der Waals surface area contributed by atoms with E-state index in [-0.39, 0.29) is 12.2 Å². The van der Waals surface area contributed by atoms with Crippen LogP contribution in [0.3, 0.4) is 0 Å². The summed E-state index contributed by atoms with van der Waals surface area (Å²) in [6, 6.07) is 1.10. The number of hydrogen-bond donors (Lipinski definition) is 2. The van der Waals surface area contributed by atoms with Crippen molar-refractivity contribution >= 4 is 11.7 Å². The largest absolute Gasteiger partial charge is 0.478 e. The number of carboxylic acid groups (broad SMARTS) is 1. The van der Waals surface area contributed by atoms with Crippen LogP contribution in [0.1, 0.15) is 6.92 Å². The molecule has 0 saturated heterocycles. The lowest BCUT2D eigenvalue weighted by atomic mass is 10.2. The number of carboxylic acids is 1. The molecule has 0 heterocycles. The molecule has 0 bridgehead atoms. The third-order valence-corrected chi connectivity index (χ3v) is 1.94. The second kappa shape index (κ2) is 5.38. The van der Waals surface area contributed by atoms with Crippen LogP contribution >= 0.6 is 0 Å². The van der Waals surface area contributed by atoms with Crippen LogP contribution in [-0.4, -0.2) is 17.6 Å². The summed E-state index contributed by atoms with van der Waals surface area (Å²) in [6.45, 7) is 1.53. The van der Waals surface area contributed by atoms with E-state index in [1.54, 1.807) is 0 Å². The van der Waals surface area contributed by atoms with Crippen molar-refractivity contribution in [3.63, 3.8) is 0 Å². The third-order valence-electron chi connectivity index (χ3n) is 1.94. The molecule has 0 saturated carbocycles. The van der Waals surface area contributed by atoms with Gasteiger partial charge in [0, 0.05) is 24.8 Å². The molecule has 0 aliphatic rings. The van der Waals surface area contributed by atoms with E-state index in [1.165, 1.54) is 6.92 Å². The zero-order chi connectivity index (χ0) is 13.0. The third kappa shape index (κ3) is 3.82. The molecule has 0 fully saturated rings. The van der Waals surface area contributed by atoms with Gasteiger partial charge in [-0.15, -0.1) is 0 Å². The van der Waals surface area contributed by atoms with E-state index in [0.717, 1.165) is 6.08 Å². The molecule has 1 aromatic rings. The summed E-state index contributed by atoms with van der Waals surface area (Å²) >= 11 is 0. The Hall–Kier alpha value is -1.98. The van der Waals surface area contributed by atoms with Gasteiger partial charge in [-0.2, -0.15) is 0 Å². The van der Waals surface area contributed by atoms with Crippen LogP contribution < -0.4 is 5.32 Å². The van der Waals surface area contributed by atoms with Crippen LogP contribution in [0.25, 0.3) is 0 Å². The van der Waals surface area contributed by atoms with Crippen LogP contribution in [-0.2, 0) is 4.79 Å². The summed E-state index contributed by atoms with van der Waals surface area (Å²) < 4.78 is 38.5. The van der Waals surface area contributed by atoms with E-state index in [0.29, 0.717) is 17.7 Å². The Kier molecular flexibility index (Phi) is 4.14. The number of anilines is 1. The van der Waals surface area contributed by atoms with Gasteiger partial charge in [0.25, 0.3) is 0 Å². The minimum absolute atomic E-state index is 0.0221. The first-order valence-corrected chi connectivity index (χ1v) is 4.68. The molecule has 0 atom stereocenters. The highest BCUT2D eigenvalue weighted by Crippen LogP contribution is 2.18. The lowest BCUT2D eigenvalue weighted by molar-refractivity contribution is -0.131. The fourth-order valence-corrected chi connectivity index (χ4v) is 1.15. The normalized spacial score (nSPS) is 11.4. The van der Waals surface area contributed by atoms with Crippen molar-refractivity contribution in [1.29, 1.82) is 0 Å². The first-order valence-electron chi connectivity index (χ1n) is 4.68. The molecule has 0 spiro atoms. The van der Waals surface area contributed by atoms with Gasteiger partial charge in [-0.05, 0) is 12.5 Å². The number of benzene rings is 1. The van der Waals surface area contributed by atoms with Gasteiger partial charge in [0.1, 0.15) is 5.82 Å². The van der Waals surface area contributed by atoms with Crippen molar-refractivity contribution in [1.82, 2.24) is 0 Å². The van der Waals surface area contributed by atoms with Crippen molar-refractivity contribution in [3.05, 3.63) is 41.2 Å². The minimum atomic E-state index is -1.27. The number of nitrogens with one attached hydrogen (secondary N) is 1. The minimum Gasteiger partial charge on any atom is -0.478 e. The number of halogens is 3. The molecule has 0 amide bonds. The van der Waals surface area contributed by atoms with Crippen molar-refractivity contribution < 1.29 is 23.1 Å². The fraction of sp³-hybridized carbons (Fsp3) is 0.182. The van der Waals surface area contributed by atoms with E-state index < -0.39 is 23.4 Å². The van der Waals surface area contributed by atoms with Crippen molar-refractivity contribution in [2.45, 2.75) is 6.92 Å². The Balaban J connectivity index is 2.76. The van der Waals surface area contributed by atoms with Gasteiger partial charge in [0.2, 0.25) is 0 Å². The van der Waals surface area contributed by atoms with Crippen LogP contribution in [0.5, 0.6) is 0 Å². The molecule has 2 N–H and O–H groups in total. The van der Waals surface area contributed by atoms with Gasteiger partial charge in [0.15, 0.2) is 11.6 Å². The first kappa shape index (κ1) is 13.1. The molecule has 0 radical (unpaired) electrons. The molecule has 17 heavy (non-hydrogen) atoms. The Labute approximate surface area is 95.6 Å². The number of hydrogen-bond acceptors (Lipinski definition) is 2. The Morgan fingerprint density at radius 2 is 1.88 bits per heavy atom. The van der Waals surface area contributed by atoms with Gasteiger partial charge in [-0.3, -0.25) is 0 Å². The lowest BCUT2D eigenvalue weighted by Gasteiger charge is -2.08. The number of rotatable bonds is 4. The topological polar surface area (TPSA) is 49.3 Å². The summed E-state index contributed by atoms with van der Waals surface area (Å²) in [6.07, 6.45) is 0.935. The lowest BCUT2D eigenvalue weighted by Crippen LogP contribution is -2.07. The average molecular weight is 245 g/mol. The molecule has 6 heteroatoms. The Morgan fingerprint density at radius 1 is 1.29 bits per heavy atom. The maximum absolute atomic E-state index is 13.1. The highest BCUT2D eigenvalue weighted by molar-refractivity contribution is 5.80. The van der Waals surface area contributed by atoms with Gasteiger partial charge in [0.05, 0.1) is 5.69 Å². The van der Waals surface area contributed by atoms with Gasteiger partial charge in [-0.25, -0.2) is 18.0 Å². The smallest absolute Gasteiger partial charge is 0.328 e. The fourth-order valence-electron chi connectivity index (χ4n) is 1.15.